The molecule has 0 aromatic rings. The Balaban J connectivity index is -0.000000453. The van der Waals surface area contributed by atoms with Crippen LogP contribution >= 0.6 is 15.9 Å². The van der Waals surface area contributed by atoms with Gasteiger partial charge in [-0.25, -0.2) is 4.39 Å². The fraction of sp³-hybridized carbons (Fsp3) is 0.462. The second-order valence-corrected chi connectivity index (χ2v) is 7.77. The molecule has 31 heavy (non-hydrogen) atoms. The maximum absolute atomic E-state index is 13.0. The van der Waals surface area contributed by atoms with E-state index in [0.29, 0.717) is 19.2 Å². The van der Waals surface area contributed by atoms with Crippen molar-refractivity contribution in [3.05, 3.63) is 69.6 Å². The van der Waals surface area contributed by atoms with Gasteiger partial charge >= 0.3 is 0 Å². The summed E-state index contributed by atoms with van der Waals surface area (Å²) in [5, 5.41) is 0. The fourth-order valence-electron chi connectivity index (χ4n) is 2.06. The zero-order valence-electron chi connectivity index (χ0n) is 20.4. The molecule has 2 nitrogen and oxygen atoms in total. The molecule has 176 valence electrons. The van der Waals surface area contributed by atoms with Gasteiger partial charge in [-0.15, -0.1) is 0 Å². The number of Topliss-reactive ketones (excluding diaryl/α,β-unsaturated/α-hetero) is 2. The molecule has 0 amide bonds. The first kappa shape index (κ1) is 33.8. The molecule has 0 aliphatic heterocycles. The normalized spacial score (nSPS) is 13.3. The van der Waals surface area contributed by atoms with Crippen molar-refractivity contribution in [2.45, 2.75) is 74.1 Å². The second kappa shape index (κ2) is 21.4. The molecule has 0 atom stereocenters. The van der Waals surface area contributed by atoms with Crippen LogP contribution in [-0.4, -0.2) is 18.7 Å². The van der Waals surface area contributed by atoms with Gasteiger partial charge in [0.15, 0.2) is 5.78 Å². The zero-order valence-corrected chi connectivity index (χ0v) is 22.0. The van der Waals surface area contributed by atoms with Crippen LogP contribution in [0.2, 0.25) is 0 Å². The van der Waals surface area contributed by atoms with E-state index in [1.807, 2.05) is 65.8 Å². The van der Waals surface area contributed by atoms with Crippen molar-refractivity contribution in [3.8, 4) is 0 Å². The molecule has 5 heteroatoms. The van der Waals surface area contributed by atoms with Gasteiger partial charge in [0.25, 0.3) is 0 Å². The molecule has 0 saturated carbocycles. The van der Waals surface area contributed by atoms with Gasteiger partial charge in [-0.05, 0) is 62.2 Å². The third-order valence-corrected chi connectivity index (χ3v) is 4.20. The number of allylic oxidation sites excluding steroid dienone is 11. The summed E-state index contributed by atoms with van der Waals surface area (Å²) >= 11 is 3.30. The molecule has 0 aromatic carbocycles. The SMILES string of the molecule is C=C(C(=O)CCC(C)=O)/C(C)=C\C=C(/C)Br.CC.CCC1=CC=C(C)CC=C1F.CF. The number of ketones is 2. The highest BCUT2D eigenvalue weighted by Crippen LogP contribution is 2.21. The van der Waals surface area contributed by atoms with Crippen LogP contribution < -0.4 is 0 Å². The molecule has 0 heterocycles. The molecule has 0 bridgehead atoms. The van der Waals surface area contributed by atoms with E-state index in [0.717, 1.165) is 28.5 Å². The van der Waals surface area contributed by atoms with E-state index in [2.05, 4.69) is 22.5 Å². The van der Waals surface area contributed by atoms with E-state index in [4.69, 9.17) is 0 Å². The van der Waals surface area contributed by atoms with Gasteiger partial charge in [0, 0.05) is 18.4 Å². The lowest BCUT2D eigenvalue weighted by Gasteiger charge is -2.03. The molecule has 0 aromatic heterocycles. The summed E-state index contributed by atoms with van der Waals surface area (Å²) in [6.45, 7) is 16.9. The molecule has 0 spiro atoms. The largest absolute Gasteiger partial charge is 0.300 e. The van der Waals surface area contributed by atoms with Crippen LogP contribution in [0.5, 0.6) is 0 Å². The number of rotatable bonds is 7. The summed E-state index contributed by atoms with van der Waals surface area (Å²) in [6, 6.07) is 0. The van der Waals surface area contributed by atoms with Crippen molar-refractivity contribution < 1.29 is 18.4 Å². The quantitative estimate of drug-likeness (QED) is 0.258. The van der Waals surface area contributed by atoms with Crippen LogP contribution in [0.4, 0.5) is 8.78 Å². The van der Waals surface area contributed by atoms with Gasteiger partial charge < -0.3 is 4.79 Å². The standard InChI is InChI=1S/C13H17BrO2.C10H13F.C2H6.CH3F/c1-9(5-6-10(2)14)12(4)13(16)8-7-11(3)15;1-3-9-6-4-8(2)5-7-10(9)11;2*1-2/h5-6H,4,7-8H2,1-3H3;4,6-7H,3,5H2,1-2H3;1-2H3;1H3/b9-5-,10-6+;;;. The lowest BCUT2D eigenvalue weighted by molar-refractivity contribution is -0.121. The fourth-order valence-corrected chi connectivity index (χ4v) is 2.19. The van der Waals surface area contributed by atoms with Gasteiger partial charge in [-0.3, -0.25) is 9.18 Å². The lowest BCUT2D eigenvalue weighted by Crippen LogP contribution is -2.05. The molecule has 1 rings (SSSR count). The number of carbonyl (C=O) groups is 2. The van der Waals surface area contributed by atoms with Crippen LogP contribution in [0, 0.1) is 0 Å². The average molecular weight is 501 g/mol. The number of halogens is 3. The summed E-state index contributed by atoms with van der Waals surface area (Å²) in [4.78, 5) is 22.4. The lowest BCUT2D eigenvalue weighted by atomic mass is 10.0. The molecular weight excluding hydrogens is 462 g/mol. The molecular formula is C26H39BrF2O2. The van der Waals surface area contributed by atoms with Crippen molar-refractivity contribution >= 4 is 27.5 Å². The molecule has 0 fully saturated rings. The third kappa shape index (κ3) is 18.6. The van der Waals surface area contributed by atoms with E-state index < -0.39 is 0 Å². The van der Waals surface area contributed by atoms with Crippen molar-refractivity contribution in [3.63, 3.8) is 0 Å². The van der Waals surface area contributed by atoms with Crippen LogP contribution in [-0.2, 0) is 9.59 Å². The summed E-state index contributed by atoms with van der Waals surface area (Å²) in [5.41, 5.74) is 3.32. The topological polar surface area (TPSA) is 34.1 Å². The molecule has 0 N–H and O–H groups in total. The Morgan fingerprint density at radius 1 is 1.10 bits per heavy atom. The minimum absolute atomic E-state index is 0.0268. The van der Waals surface area contributed by atoms with Crippen LogP contribution in [0.15, 0.2) is 69.6 Å². The molecule has 0 unspecified atom stereocenters. The highest BCUT2D eigenvalue weighted by Gasteiger charge is 2.09. The Morgan fingerprint density at radius 2 is 1.65 bits per heavy atom. The van der Waals surface area contributed by atoms with Gasteiger partial charge in [0.05, 0.1) is 7.18 Å². The molecule has 0 saturated heterocycles. The summed E-state index contributed by atoms with van der Waals surface area (Å²) in [5.74, 6) is -0.0934. The predicted molar refractivity (Wildman–Crippen MR) is 135 cm³/mol. The van der Waals surface area contributed by atoms with E-state index in [1.54, 1.807) is 6.08 Å². The molecule has 0 radical (unpaired) electrons. The first-order valence-corrected chi connectivity index (χ1v) is 11.2. The van der Waals surface area contributed by atoms with E-state index >= 15 is 0 Å². The number of hydrogen-bond acceptors (Lipinski definition) is 2. The summed E-state index contributed by atoms with van der Waals surface area (Å²) in [7, 11) is 0.500. The summed E-state index contributed by atoms with van der Waals surface area (Å²) < 4.78 is 23.5. The van der Waals surface area contributed by atoms with E-state index in [1.165, 1.54) is 12.5 Å². The number of carbonyl (C=O) groups excluding carboxylic acids is 2. The smallest absolute Gasteiger partial charge is 0.162 e. The van der Waals surface area contributed by atoms with Crippen molar-refractivity contribution in [1.29, 1.82) is 0 Å². The first-order chi connectivity index (χ1) is 14.6. The Morgan fingerprint density at radius 3 is 2.10 bits per heavy atom. The highest BCUT2D eigenvalue weighted by molar-refractivity contribution is 9.11. The van der Waals surface area contributed by atoms with Crippen LogP contribution in [0.25, 0.3) is 0 Å². The number of hydrogen-bond donors (Lipinski definition) is 0. The highest BCUT2D eigenvalue weighted by atomic mass is 79.9. The monoisotopic (exact) mass is 500 g/mol. The Bertz CT molecular complexity index is 720. The molecule has 1 aliphatic carbocycles. The zero-order chi connectivity index (χ0) is 25.0. The van der Waals surface area contributed by atoms with Crippen LogP contribution in [0.1, 0.15) is 74.1 Å². The van der Waals surface area contributed by atoms with Crippen molar-refractivity contribution in [1.82, 2.24) is 0 Å². The van der Waals surface area contributed by atoms with Crippen molar-refractivity contribution in [2.24, 2.45) is 0 Å². The third-order valence-electron chi connectivity index (χ3n) is 3.94. The average Bonchev–Trinajstić information content (AvgIpc) is 2.93. The van der Waals surface area contributed by atoms with Gasteiger partial charge in [0.2, 0.25) is 0 Å². The first-order valence-electron chi connectivity index (χ1n) is 10.4. The Labute approximate surface area is 196 Å². The molecule has 1 aliphatic rings. The van der Waals surface area contributed by atoms with Gasteiger partial charge in [-0.1, -0.05) is 73.2 Å². The predicted octanol–water partition coefficient (Wildman–Crippen LogP) is 8.86. The number of alkyl halides is 1. The van der Waals surface area contributed by atoms with Crippen LogP contribution in [0.3, 0.4) is 0 Å². The minimum atomic E-state index is -0.0652. The Hall–Kier alpha value is -1.88. The summed E-state index contributed by atoms with van der Waals surface area (Å²) in [6.07, 6.45) is 11.2. The van der Waals surface area contributed by atoms with Gasteiger partial charge in [-0.2, -0.15) is 0 Å². The Kier molecular flexibility index (Phi) is 23.3. The van der Waals surface area contributed by atoms with E-state index in [-0.39, 0.29) is 23.8 Å². The van der Waals surface area contributed by atoms with E-state index in [9.17, 15) is 18.4 Å². The maximum Gasteiger partial charge on any atom is 0.162 e. The van der Waals surface area contributed by atoms with Gasteiger partial charge in [0.1, 0.15) is 11.6 Å². The van der Waals surface area contributed by atoms with Crippen molar-refractivity contribution in [2.75, 3.05) is 7.18 Å². The maximum atomic E-state index is 13.0. The minimum Gasteiger partial charge on any atom is -0.300 e. The second-order valence-electron chi connectivity index (χ2n) is 6.52.